The summed E-state index contributed by atoms with van der Waals surface area (Å²) >= 11 is 1.80. The fourth-order valence-electron chi connectivity index (χ4n) is 2.11. The van der Waals surface area contributed by atoms with Gasteiger partial charge in [0, 0.05) is 35.1 Å². The smallest absolute Gasteiger partial charge is 0.120 e. The molecule has 19 heavy (non-hydrogen) atoms. The minimum Gasteiger partial charge on any atom is -0.497 e. The van der Waals surface area contributed by atoms with Crippen molar-refractivity contribution >= 4 is 17.0 Å². The van der Waals surface area contributed by atoms with E-state index in [1.54, 1.807) is 18.4 Å². The number of hydrogen-bond acceptors (Lipinski definition) is 4. The molecule has 3 nitrogen and oxygen atoms in total. The molecule has 1 heterocycles. The zero-order chi connectivity index (χ0) is 13.8. The van der Waals surface area contributed by atoms with E-state index < -0.39 is 0 Å². The highest BCUT2D eigenvalue weighted by molar-refractivity contribution is 7.12. The second-order valence-corrected chi connectivity index (χ2v) is 5.83. The monoisotopic (exact) mass is 276 g/mol. The number of likely N-dealkylation sites (N-methyl/N-ethyl adjacent to an activating group) is 1. The summed E-state index contributed by atoms with van der Waals surface area (Å²) in [7, 11) is 3.75. The van der Waals surface area contributed by atoms with Crippen LogP contribution in [0.1, 0.15) is 15.8 Å². The van der Waals surface area contributed by atoms with E-state index in [9.17, 15) is 0 Å². The molecule has 2 aromatic rings. The van der Waals surface area contributed by atoms with Gasteiger partial charge in [-0.05, 0) is 31.2 Å². The molecule has 4 heteroatoms. The molecule has 2 rings (SSSR count). The summed E-state index contributed by atoms with van der Waals surface area (Å²) in [6.07, 6.45) is 0. The SMILES string of the molecule is COc1cccc(N(C)C(CN)c2ccc(C)s2)c1. The molecule has 102 valence electrons. The van der Waals surface area contributed by atoms with Crippen LogP contribution in [0.3, 0.4) is 0 Å². The van der Waals surface area contributed by atoms with Gasteiger partial charge >= 0.3 is 0 Å². The Morgan fingerprint density at radius 1 is 1.32 bits per heavy atom. The Morgan fingerprint density at radius 3 is 2.68 bits per heavy atom. The largest absolute Gasteiger partial charge is 0.497 e. The van der Waals surface area contributed by atoms with Crippen LogP contribution in [-0.2, 0) is 0 Å². The molecule has 1 unspecified atom stereocenters. The molecule has 0 aliphatic carbocycles. The first kappa shape index (κ1) is 13.9. The Kier molecular flexibility index (Phi) is 4.45. The summed E-state index contributed by atoms with van der Waals surface area (Å²) in [5, 5.41) is 0. The molecule has 0 aliphatic rings. The summed E-state index contributed by atoms with van der Waals surface area (Å²) in [6, 6.07) is 12.6. The third kappa shape index (κ3) is 3.08. The van der Waals surface area contributed by atoms with Gasteiger partial charge in [0.05, 0.1) is 13.2 Å². The zero-order valence-corrected chi connectivity index (χ0v) is 12.4. The van der Waals surface area contributed by atoms with Crippen LogP contribution in [0.5, 0.6) is 5.75 Å². The molecule has 0 bridgehead atoms. The van der Waals surface area contributed by atoms with E-state index in [0.29, 0.717) is 6.54 Å². The van der Waals surface area contributed by atoms with Gasteiger partial charge in [-0.15, -0.1) is 11.3 Å². The molecule has 1 atom stereocenters. The van der Waals surface area contributed by atoms with Crippen LogP contribution < -0.4 is 15.4 Å². The van der Waals surface area contributed by atoms with Gasteiger partial charge in [-0.1, -0.05) is 6.07 Å². The van der Waals surface area contributed by atoms with Crippen molar-refractivity contribution in [1.29, 1.82) is 0 Å². The van der Waals surface area contributed by atoms with E-state index in [1.165, 1.54) is 9.75 Å². The molecular formula is C15H20N2OS. The second kappa shape index (κ2) is 6.08. The molecule has 0 saturated heterocycles. The number of ether oxygens (including phenoxy) is 1. The number of thiophene rings is 1. The highest BCUT2D eigenvalue weighted by Crippen LogP contribution is 2.31. The van der Waals surface area contributed by atoms with Crippen molar-refractivity contribution in [3.8, 4) is 5.75 Å². The van der Waals surface area contributed by atoms with E-state index in [2.05, 4.69) is 37.1 Å². The summed E-state index contributed by atoms with van der Waals surface area (Å²) in [6.45, 7) is 2.71. The summed E-state index contributed by atoms with van der Waals surface area (Å²) in [5.41, 5.74) is 7.07. The maximum absolute atomic E-state index is 5.96. The number of anilines is 1. The predicted octanol–water partition coefficient (Wildman–Crippen LogP) is 3.20. The van der Waals surface area contributed by atoms with Gasteiger partial charge < -0.3 is 15.4 Å². The van der Waals surface area contributed by atoms with Gasteiger partial charge in [0.25, 0.3) is 0 Å². The lowest BCUT2D eigenvalue weighted by Gasteiger charge is -2.28. The van der Waals surface area contributed by atoms with Crippen molar-refractivity contribution in [3.05, 3.63) is 46.2 Å². The van der Waals surface area contributed by atoms with Crippen molar-refractivity contribution < 1.29 is 4.74 Å². The van der Waals surface area contributed by atoms with Gasteiger partial charge in [-0.2, -0.15) is 0 Å². The maximum Gasteiger partial charge on any atom is 0.120 e. The fourth-order valence-corrected chi connectivity index (χ4v) is 3.14. The van der Waals surface area contributed by atoms with Gasteiger partial charge in [0.15, 0.2) is 0 Å². The topological polar surface area (TPSA) is 38.5 Å². The van der Waals surface area contributed by atoms with Crippen molar-refractivity contribution in [1.82, 2.24) is 0 Å². The highest BCUT2D eigenvalue weighted by atomic mass is 32.1. The van der Waals surface area contributed by atoms with Gasteiger partial charge in [0.1, 0.15) is 5.75 Å². The van der Waals surface area contributed by atoms with Crippen molar-refractivity contribution in [2.24, 2.45) is 5.73 Å². The number of benzene rings is 1. The maximum atomic E-state index is 5.96. The van der Waals surface area contributed by atoms with Gasteiger partial charge in [-0.25, -0.2) is 0 Å². The number of methoxy groups -OCH3 is 1. The Labute approximate surface area is 118 Å². The number of rotatable bonds is 5. The number of nitrogens with two attached hydrogens (primary N) is 1. The van der Waals surface area contributed by atoms with Crippen LogP contribution in [0.25, 0.3) is 0 Å². The summed E-state index contributed by atoms with van der Waals surface area (Å²) < 4.78 is 5.27. The number of hydrogen-bond donors (Lipinski definition) is 1. The molecule has 0 aliphatic heterocycles. The molecule has 1 aromatic carbocycles. The average molecular weight is 276 g/mol. The van der Waals surface area contributed by atoms with Crippen LogP contribution in [0.15, 0.2) is 36.4 Å². The highest BCUT2D eigenvalue weighted by Gasteiger charge is 2.17. The minimum absolute atomic E-state index is 0.200. The zero-order valence-electron chi connectivity index (χ0n) is 11.6. The molecule has 1 aromatic heterocycles. The molecular weight excluding hydrogens is 256 g/mol. The predicted molar refractivity (Wildman–Crippen MR) is 82.2 cm³/mol. The van der Waals surface area contributed by atoms with Crippen molar-refractivity contribution in [3.63, 3.8) is 0 Å². The first-order valence-electron chi connectivity index (χ1n) is 6.29. The number of nitrogens with zero attached hydrogens (tertiary/aromatic N) is 1. The third-order valence-corrected chi connectivity index (χ3v) is 4.34. The Balaban J connectivity index is 2.27. The summed E-state index contributed by atoms with van der Waals surface area (Å²) in [4.78, 5) is 4.81. The summed E-state index contributed by atoms with van der Waals surface area (Å²) in [5.74, 6) is 0.863. The minimum atomic E-state index is 0.200. The third-order valence-electron chi connectivity index (χ3n) is 3.24. The van der Waals surface area contributed by atoms with E-state index >= 15 is 0 Å². The van der Waals surface area contributed by atoms with Crippen molar-refractivity contribution in [2.45, 2.75) is 13.0 Å². The van der Waals surface area contributed by atoms with Crippen LogP contribution >= 0.6 is 11.3 Å². The van der Waals surface area contributed by atoms with E-state index in [4.69, 9.17) is 10.5 Å². The molecule has 0 amide bonds. The lowest BCUT2D eigenvalue weighted by molar-refractivity contribution is 0.414. The molecule has 0 fully saturated rings. The normalized spacial score (nSPS) is 12.2. The van der Waals surface area contributed by atoms with Crippen LogP contribution in [0.2, 0.25) is 0 Å². The molecule has 0 spiro atoms. The standard InChI is InChI=1S/C15H20N2OS/c1-11-7-8-15(19-11)14(10-16)17(2)12-5-4-6-13(9-12)18-3/h4-9,14H,10,16H2,1-3H3. The van der Waals surface area contributed by atoms with E-state index in [-0.39, 0.29) is 6.04 Å². The Hall–Kier alpha value is -1.52. The quantitative estimate of drug-likeness (QED) is 0.911. The van der Waals surface area contributed by atoms with Crippen LogP contribution in [0, 0.1) is 6.92 Å². The number of aryl methyl sites for hydroxylation is 1. The lowest BCUT2D eigenvalue weighted by atomic mass is 10.2. The van der Waals surface area contributed by atoms with Crippen molar-refractivity contribution in [2.75, 3.05) is 25.6 Å². The fraction of sp³-hybridized carbons (Fsp3) is 0.333. The molecule has 2 N–H and O–H groups in total. The second-order valence-electron chi connectivity index (χ2n) is 4.51. The van der Waals surface area contributed by atoms with Gasteiger partial charge in [-0.3, -0.25) is 0 Å². The first-order chi connectivity index (χ1) is 9.15. The lowest BCUT2D eigenvalue weighted by Crippen LogP contribution is -2.29. The molecule has 0 radical (unpaired) electrons. The Bertz CT molecular complexity index is 538. The van der Waals surface area contributed by atoms with E-state index in [0.717, 1.165) is 11.4 Å². The van der Waals surface area contributed by atoms with E-state index in [1.807, 2.05) is 18.2 Å². The van der Waals surface area contributed by atoms with Crippen LogP contribution in [0.4, 0.5) is 5.69 Å². The van der Waals surface area contributed by atoms with Crippen LogP contribution in [-0.4, -0.2) is 20.7 Å². The Morgan fingerprint density at radius 2 is 2.11 bits per heavy atom. The average Bonchev–Trinajstić information content (AvgIpc) is 2.86. The molecule has 0 saturated carbocycles. The first-order valence-corrected chi connectivity index (χ1v) is 7.10. The van der Waals surface area contributed by atoms with Gasteiger partial charge in [0.2, 0.25) is 0 Å².